The van der Waals surface area contributed by atoms with Gasteiger partial charge in [0.15, 0.2) is 0 Å². The van der Waals surface area contributed by atoms with E-state index in [0.717, 1.165) is 17.1 Å². The van der Waals surface area contributed by atoms with Gasteiger partial charge in [0.2, 0.25) is 5.91 Å². The lowest BCUT2D eigenvalue weighted by Crippen LogP contribution is -2.51. The van der Waals surface area contributed by atoms with Crippen molar-refractivity contribution in [3.8, 4) is 10.6 Å². The highest BCUT2D eigenvalue weighted by molar-refractivity contribution is 7.13. The van der Waals surface area contributed by atoms with E-state index < -0.39 is 0 Å². The van der Waals surface area contributed by atoms with E-state index in [1.54, 1.807) is 22.3 Å². The zero-order valence-corrected chi connectivity index (χ0v) is 17.2. The standard InChI is InChI=1S/C21H28N4O2S/c1-23(14-16-6-4-12-24-11-3-2-7-18(16)24)21(27)15-25-20(26)10-9-17(22-25)19-8-5-13-28-19/h5,8-10,13,16,18H,2-4,6-7,11-12,14-15H2,1H3/t16-,18+/m1/s1. The quantitative estimate of drug-likeness (QED) is 0.774. The van der Waals surface area contributed by atoms with Crippen molar-refractivity contribution in [2.24, 2.45) is 5.92 Å². The molecule has 6 nitrogen and oxygen atoms in total. The summed E-state index contributed by atoms with van der Waals surface area (Å²) in [6, 6.07) is 7.75. The summed E-state index contributed by atoms with van der Waals surface area (Å²) in [6.45, 7) is 3.16. The molecule has 28 heavy (non-hydrogen) atoms. The molecule has 4 heterocycles. The molecule has 2 saturated heterocycles. The molecule has 2 aromatic rings. The van der Waals surface area contributed by atoms with Crippen LogP contribution in [0.2, 0.25) is 0 Å². The first-order valence-corrected chi connectivity index (χ1v) is 11.1. The van der Waals surface area contributed by atoms with Crippen molar-refractivity contribution in [1.29, 1.82) is 0 Å². The van der Waals surface area contributed by atoms with Crippen molar-refractivity contribution >= 4 is 17.2 Å². The number of nitrogens with zero attached hydrogens (tertiary/aromatic N) is 4. The number of rotatable bonds is 5. The molecule has 0 aromatic carbocycles. The Labute approximate surface area is 169 Å². The van der Waals surface area contributed by atoms with Gasteiger partial charge in [-0.3, -0.25) is 9.59 Å². The summed E-state index contributed by atoms with van der Waals surface area (Å²) in [5.74, 6) is 0.482. The van der Waals surface area contributed by atoms with E-state index in [2.05, 4.69) is 10.00 Å². The topological polar surface area (TPSA) is 58.4 Å². The molecule has 2 aliphatic rings. The predicted molar refractivity (Wildman–Crippen MR) is 111 cm³/mol. The van der Waals surface area contributed by atoms with Crippen LogP contribution in [0.15, 0.2) is 34.4 Å². The van der Waals surface area contributed by atoms with Gasteiger partial charge in [-0.15, -0.1) is 11.3 Å². The van der Waals surface area contributed by atoms with Crippen LogP contribution >= 0.6 is 11.3 Å². The van der Waals surface area contributed by atoms with Crippen molar-refractivity contribution in [3.05, 3.63) is 40.0 Å². The number of fused-ring (bicyclic) bond motifs is 1. The third-order valence-electron chi connectivity index (χ3n) is 6.09. The van der Waals surface area contributed by atoms with E-state index >= 15 is 0 Å². The molecule has 7 heteroatoms. The molecule has 0 radical (unpaired) electrons. The first kappa shape index (κ1) is 19.3. The van der Waals surface area contributed by atoms with Crippen LogP contribution < -0.4 is 5.56 Å². The first-order valence-electron chi connectivity index (χ1n) is 10.2. The maximum atomic E-state index is 12.8. The predicted octanol–water partition coefficient (Wildman–Crippen LogP) is 2.69. The zero-order valence-electron chi connectivity index (χ0n) is 16.4. The number of hydrogen-bond acceptors (Lipinski definition) is 5. The summed E-state index contributed by atoms with van der Waals surface area (Å²) in [5, 5.41) is 6.38. The van der Waals surface area contributed by atoms with Gasteiger partial charge in [0.05, 0.1) is 4.88 Å². The van der Waals surface area contributed by atoms with Crippen molar-refractivity contribution in [1.82, 2.24) is 19.6 Å². The lowest BCUT2D eigenvalue weighted by atomic mass is 9.83. The summed E-state index contributed by atoms with van der Waals surface area (Å²) in [4.78, 5) is 30.4. The minimum atomic E-state index is -0.238. The largest absolute Gasteiger partial charge is 0.344 e. The lowest BCUT2D eigenvalue weighted by Gasteiger charge is -2.45. The number of aromatic nitrogens is 2. The van der Waals surface area contributed by atoms with Crippen molar-refractivity contribution in [3.63, 3.8) is 0 Å². The Morgan fingerprint density at radius 3 is 2.89 bits per heavy atom. The Bertz CT molecular complexity index is 862. The van der Waals surface area contributed by atoms with Crippen LogP contribution in [0, 0.1) is 5.92 Å². The number of hydrogen-bond donors (Lipinski definition) is 0. The third kappa shape index (κ3) is 4.20. The molecule has 4 rings (SSSR count). The molecule has 0 aliphatic carbocycles. The second-order valence-electron chi connectivity index (χ2n) is 7.97. The highest BCUT2D eigenvalue weighted by Crippen LogP contribution is 2.31. The summed E-state index contributed by atoms with van der Waals surface area (Å²) < 4.78 is 1.29. The van der Waals surface area contributed by atoms with E-state index in [-0.39, 0.29) is 18.0 Å². The number of carbonyl (C=O) groups excluding carboxylic acids is 1. The summed E-state index contributed by atoms with van der Waals surface area (Å²) in [6.07, 6.45) is 6.24. The fourth-order valence-corrected chi connectivity index (χ4v) is 5.30. The highest BCUT2D eigenvalue weighted by Gasteiger charge is 2.34. The van der Waals surface area contributed by atoms with Crippen LogP contribution in [0.5, 0.6) is 0 Å². The van der Waals surface area contributed by atoms with Gasteiger partial charge in [-0.1, -0.05) is 12.5 Å². The van der Waals surface area contributed by atoms with Gasteiger partial charge in [-0.05, 0) is 62.2 Å². The van der Waals surface area contributed by atoms with Gasteiger partial charge < -0.3 is 9.80 Å². The van der Waals surface area contributed by atoms with E-state index in [4.69, 9.17) is 0 Å². The molecule has 0 saturated carbocycles. The van der Waals surface area contributed by atoms with Crippen LogP contribution in [0.4, 0.5) is 0 Å². The van der Waals surface area contributed by atoms with Gasteiger partial charge in [-0.25, -0.2) is 4.68 Å². The SMILES string of the molecule is CN(C[C@H]1CCCN2CCCC[C@@H]12)C(=O)Cn1nc(-c2cccs2)ccc1=O. The van der Waals surface area contributed by atoms with E-state index in [9.17, 15) is 9.59 Å². The minimum absolute atomic E-state index is 0.00432. The van der Waals surface area contributed by atoms with Crippen LogP contribution in [0.25, 0.3) is 10.6 Å². The van der Waals surface area contributed by atoms with Crippen molar-refractivity contribution in [2.45, 2.75) is 44.7 Å². The van der Waals surface area contributed by atoms with Crippen molar-refractivity contribution in [2.75, 3.05) is 26.7 Å². The molecule has 2 atom stereocenters. The number of thiophene rings is 1. The van der Waals surface area contributed by atoms with E-state index in [1.165, 1.54) is 55.9 Å². The van der Waals surface area contributed by atoms with Gasteiger partial charge in [0, 0.05) is 25.7 Å². The molecule has 150 valence electrons. The average molecular weight is 401 g/mol. The fraction of sp³-hybridized carbons (Fsp3) is 0.571. The second-order valence-corrected chi connectivity index (χ2v) is 8.92. The van der Waals surface area contributed by atoms with Gasteiger partial charge in [-0.2, -0.15) is 5.10 Å². The number of piperidine rings is 2. The minimum Gasteiger partial charge on any atom is -0.344 e. The highest BCUT2D eigenvalue weighted by atomic mass is 32.1. The Morgan fingerprint density at radius 2 is 2.07 bits per heavy atom. The van der Waals surface area contributed by atoms with E-state index in [1.807, 2.05) is 24.6 Å². The number of likely N-dealkylation sites (N-methyl/N-ethyl adjacent to an activating group) is 1. The molecule has 0 spiro atoms. The van der Waals surface area contributed by atoms with Gasteiger partial charge in [0.1, 0.15) is 12.2 Å². The molecule has 0 bridgehead atoms. The number of carbonyl (C=O) groups is 1. The first-order chi connectivity index (χ1) is 13.6. The average Bonchev–Trinajstić information content (AvgIpc) is 3.24. The van der Waals surface area contributed by atoms with Gasteiger partial charge >= 0.3 is 0 Å². The molecule has 0 N–H and O–H groups in total. The fourth-order valence-electron chi connectivity index (χ4n) is 4.61. The monoisotopic (exact) mass is 400 g/mol. The van der Waals surface area contributed by atoms with Crippen LogP contribution in [0.1, 0.15) is 32.1 Å². The molecular formula is C21H28N4O2S. The van der Waals surface area contributed by atoms with E-state index in [0.29, 0.717) is 12.0 Å². The second kappa shape index (κ2) is 8.57. The Kier molecular flexibility index (Phi) is 5.92. The zero-order chi connectivity index (χ0) is 19.5. The Hall–Kier alpha value is -1.99. The number of amides is 1. The third-order valence-corrected chi connectivity index (χ3v) is 6.98. The Balaban J connectivity index is 1.42. The summed E-state index contributed by atoms with van der Waals surface area (Å²) >= 11 is 1.57. The molecule has 1 amide bonds. The summed E-state index contributed by atoms with van der Waals surface area (Å²) in [5.41, 5.74) is 0.494. The Morgan fingerprint density at radius 1 is 1.21 bits per heavy atom. The molecule has 2 fully saturated rings. The van der Waals surface area contributed by atoms with Crippen LogP contribution in [-0.4, -0.2) is 58.2 Å². The smallest absolute Gasteiger partial charge is 0.267 e. The van der Waals surface area contributed by atoms with Crippen molar-refractivity contribution < 1.29 is 4.79 Å². The molecule has 2 aliphatic heterocycles. The maximum absolute atomic E-state index is 12.8. The molecule has 0 unspecified atom stereocenters. The molecular weight excluding hydrogens is 372 g/mol. The molecule has 2 aromatic heterocycles. The normalized spacial score (nSPS) is 22.6. The lowest BCUT2D eigenvalue weighted by molar-refractivity contribution is -0.132. The van der Waals surface area contributed by atoms with Crippen LogP contribution in [0.3, 0.4) is 0 Å². The summed E-state index contributed by atoms with van der Waals surface area (Å²) in [7, 11) is 1.86. The van der Waals surface area contributed by atoms with Crippen LogP contribution in [-0.2, 0) is 11.3 Å². The van der Waals surface area contributed by atoms with Gasteiger partial charge in [0.25, 0.3) is 5.56 Å². The maximum Gasteiger partial charge on any atom is 0.267 e.